The highest BCUT2D eigenvalue weighted by Crippen LogP contribution is 2.41. The van der Waals surface area contributed by atoms with E-state index in [4.69, 9.17) is 14.4 Å². The Balaban J connectivity index is 1.02. The van der Waals surface area contributed by atoms with E-state index in [9.17, 15) is 0 Å². The fraction of sp³-hybridized carbons (Fsp3) is 0. The molecule has 6 nitrogen and oxygen atoms in total. The van der Waals surface area contributed by atoms with Gasteiger partial charge < -0.3 is 8.98 Å². The van der Waals surface area contributed by atoms with Gasteiger partial charge in [0.1, 0.15) is 16.7 Å². The fourth-order valence-corrected chi connectivity index (χ4v) is 8.62. The van der Waals surface area contributed by atoms with Gasteiger partial charge in [0.2, 0.25) is 0 Å². The third kappa shape index (κ3) is 5.05. The molecule has 6 aromatic carbocycles. The SMILES string of the molecule is c1ccc(-c2ccc3c(c2)c2cnccc2n3-c2ccc(-c3nc4cc(-c5ccc(-c6cccnc6)cc5)cnc4c4c3ccc3c5ccccc5oc34)cc2)cc1. The fourth-order valence-electron chi connectivity index (χ4n) is 8.62. The van der Waals surface area contributed by atoms with Crippen molar-refractivity contribution in [3.63, 3.8) is 0 Å². The lowest BCUT2D eigenvalue weighted by Gasteiger charge is -2.13. The van der Waals surface area contributed by atoms with Crippen LogP contribution in [0.2, 0.25) is 0 Å². The summed E-state index contributed by atoms with van der Waals surface area (Å²) in [5.41, 5.74) is 15.1. The van der Waals surface area contributed by atoms with E-state index < -0.39 is 0 Å². The van der Waals surface area contributed by atoms with E-state index in [0.29, 0.717) is 0 Å². The minimum absolute atomic E-state index is 0.803. The number of fused-ring (bicyclic) bond motifs is 10. The lowest BCUT2D eigenvalue weighted by atomic mass is 9.98. The smallest absolute Gasteiger partial charge is 0.145 e. The maximum absolute atomic E-state index is 6.64. The number of furan rings is 1. The van der Waals surface area contributed by atoms with Crippen LogP contribution in [-0.4, -0.2) is 24.5 Å². The minimum Gasteiger partial charge on any atom is -0.455 e. The zero-order valence-electron chi connectivity index (χ0n) is 31.0. The van der Waals surface area contributed by atoms with Gasteiger partial charge in [-0.1, -0.05) is 103 Å². The summed E-state index contributed by atoms with van der Waals surface area (Å²) in [4.78, 5) is 19.3. The van der Waals surface area contributed by atoms with Crippen molar-refractivity contribution in [2.45, 2.75) is 0 Å². The van der Waals surface area contributed by atoms with Crippen molar-refractivity contribution in [1.82, 2.24) is 24.5 Å². The molecule has 12 rings (SSSR count). The van der Waals surface area contributed by atoms with Crippen LogP contribution in [0.5, 0.6) is 0 Å². The van der Waals surface area contributed by atoms with Crippen LogP contribution >= 0.6 is 0 Å². The highest BCUT2D eigenvalue weighted by Gasteiger charge is 2.20. The second kappa shape index (κ2) is 12.8. The molecule has 0 saturated heterocycles. The molecule has 0 aliphatic rings. The van der Waals surface area contributed by atoms with Crippen molar-refractivity contribution >= 4 is 65.6 Å². The molecule has 0 fully saturated rings. The molecule has 6 heterocycles. The Morgan fingerprint density at radius 2 is 1.14 bits per heavy atom. The van der Waals surface area contributed by atoms with Crippen molar-refractivity contribution in [1.29, 1.82) is 0 Å². The van der Waals surface area contributed by atoms with Gasteiger partial charge in [-0.3, -0.25) is 15.0 Å². The zero-order chi connectivity index (χ0) is 38.2. The topological polar surface area (TPSA) is 69.6 Å². The van der Waals surface area contributed by atoms with E-state index in [2.05, 4.69) is 154 Å². The number of benzene rings is 6. The maximum Gasteiger partial charge on any atom is 0.145 e. The molecule has 58 heavy (non-hydrogen) atoms. The van der Waals surface area contributed by atoms with Crippen LogP contribution in [0.4, 0.5) is 0 Å². The summed E-state index contributed by atoms with van der Waals surface area (Å²) >= 11 is 0. The zero-order valence-corrected chi connectivity index (χ0v) is 31.0. The summed E-state index contributed by atoms with van der Waals surface area (Å²) in [6, 6.07) is 55.3. The predicted molar refractivity (Wildman–Crippen MR) is 236 cm³/mol. The molecular weight excluding hydrogens is 711 g/mol. The van der Waals surface area contributed by atoms with Gasteiger partial charge in [-0.05, 0) is 82.4 Å². The molecule has 0 saturated carbocycles. The van der Waals surface area contributed by atoms with E-state index in [-0.39, 0.29) is 0 Å². The number of para-hydroxylation sites is 1. The number of pyridine rings is 4. The van der Waals surface area contributed by atoms with Crippen LogP contribution < -0.4 is 0 Å². The van der Waals surface area contributed by atoms with Gasteiger partial charge in [0.25, 0.3) is 0 Å². The molecule has 0 bridgehead atoms. The largest absolute Gasteiger partial charge is 0.455 e. The molecule has 270 valence electrons. The number of aromatic nitrogens is 5. The third-order valence-corrected chi connectivity index (χ3v) is 11.4. The Kier molecular flexibility index (Phi) is 7.13. The van der Waals surface area contributed by atoms with Gasteiger partial charge in [-0.15, -0.1) is 0 Å². The lowest BCUT2D eigenvalue weighted by molar-refractivity contribution is 0.673. The number of hydrogen-bond donors (Lipinski definition) is 0. The molecule has 0 N–H and O–H groups in total. The Morgan fingerprint density at radius 1 is 0.431 bits per heavy atom. The maximum atomic E-state index is 6.64. The summed E-state index contributed by atoms with van der Waals surface area (Å²) in [5, 5.41) is 6.37. The van der Waals surface area contributed by atoms with Crippen molar-refractivity contribution in [3.8, 4) is 50.3 Å². The van der Waals surface area contributed by atoms with Gasteiger partial charge >= 0.3 is 0 Å². The van der Waals surface area contributed by atoms with Crippen LogP contribution in [0.15, 0.2) is 193 Å². The van der Waals surface area contributed by atoms with Gasteiger partial charge in [0.05, 0.1) is 27.6 Å². The van der Waals surface area contributed by atoms with Gasteiger partial charge in [0, 0.05) is 74.7 Å². The van der Waals surface area contributed by atoms with E-state index >= 15 is 0 Å². The Morgan fingerprint density at radius 3 is 1.98 bits per heavy atom. The van der Waals surface area contributed by atoms with Gasteiger partial charge in [-0.25, -0.2) is 4.98 Å². The average Bonchev–Trinajstić information content (AvgIpc) is 3.85. The van der Waals surface area contributed by atoms with Crippen LogP contribution in [0.3, 0.4) is 0 Å². The van der Waals surface area contributed by atoms with E-state index in [1.807, 2.05) is 43.0 Å². The summed E-state index contributed by atoms with van der Waals surface area (Å²) in [6.07, 6.45) is 9.46. The summed E-state index contributed by atoms with van der Waals surface area (Å²) < 4.78 is 8.96. The highest BCUT2D eigenvalue weighted by molar-refractivity contribution is 6.24. The Labute approximate surface area is 332 Å². The van der Waals surface area contributed by atoms with E-state index in [0.717, 1.165) is 99.4 Å². The Hall–Kier alpha value is -7.96. The third-order valence-electron chi connectivity index (χ3n) is 11.4. The molecule has 0 atom stereocenters. The number of hydrogen-bond acceptors (Lipinski definition) is 5. The first-order chi connectivity index (χ1) is 28.7. The van der Waals surface area contributed by atoms with Crippen LogP contribution in [0, 0.1) is 0 Å². The standard InChI is InChI=1S/C52H31N5O/c1-2-7-32(8-3-1)36-18-23-46-43(27-36)44-31-54-26-24-47(44)57(46)39-19-16-35(17-20-39)50-42-22-21-41-40-10-4-5-11-48(40)58-52(41)49(42)51-45(56-50)28-38(30-55-51)34-14-12-33(13-15-34)37-9-6-25-53-29-37/h1-31H. The minimum atomic E-state index is 0.803. The Bertz CT molecular complexity index is 3540. The first-order valence-electron chi connectivity index (χ1n) is 19.3. The lowest BCUT2D eigenvalue weighted by Crippen LogP contribution is -1.96. The van der Waals surface area contributed by atoms with E-state index in [1.165, 1.54) is 16.5 Å². The molecule has 0 unspecified atom stereocenters. The monoisotopic (exact) mass is 741 g/mol. The quantitative estimate of drug-likeness (QED) is 0.164. The molecule has 12 aromatic rings. The van der Waals surface area contributed by atoms with Crippen molar-refractivity contribution < 1.29 is 4.42 Å². The molecule has 0 amide bonds. The van der Waals surface area contributed by atoms with Gasteiger partial charge in [0.15, 0.2) is 0 Å². The molecule has 0 spiro atoms. The van der Waals surface area contributed by atoms with Crippen LogP contribution in [0.25, 0.3) is 116 Å². The second-order valence-electron chi connectivity index (χ2n) is 14.7. The second-order valence-corrected chi connectivity index (χ2v) is 14.7. The number of rotatable bonds is 5. The normalized spacial score (nSPS) is 11.8. The molecule has 0 aliphatic carbocycles. The van der Waals surface area contributed by atoms with Crippen molar-refractivity contribution in [2.24, 2.45) is 0 Å². The average molecular weight is 742 g/mol. The molecule has 0 radical (unpaired) electrons. The first-order valence-corrected chi connectivity index (χ1v) is 19.3. The summed E-state index contributed by atoms with van der Waals surface area (Å²) in [5.74, 6) is 0. The summed E-state index contributed by atoms with van der Waals surface area (Å²) in [7, 11) is 0. The summed E-state index contributed by atoms with van der Waals surface area (Å²) in [6.45, 7) is 0. The highest BCUT2D eigenvalue weighted by atomic mass is 16.3. The van der Waals surface area contributed by atoms with E-state index in [1.54, 1.807) is 6.20 Å². The van der Waals surface area contributed by atoms with Crippen molar-refractivity contribution in [3.05, 3.63) is 189 Å². The molecule has 0 aliphatic heterocycles. The molecule has 6 aromatic heterocycles. The molecule has 6 heteroatoms. The first kappa shape index (κ1) is 32.3. The molecular formula is C52H31N5O. The number of nitrogens with zero attached hydrogens (tertiary/aromatic N) is 5. The van der Waals surface area contributed by atoms with Gasteiger partial charge in [-0.2, -0.15) is 0 Å². The van der Waals surface area contributed by atoms with Crippen LogP contribution in [0.1, 0.15) is 0 Å². The van der Waals surface area contributed by atoms with Crippen molar-refractivity contribution in [2.75, 3.05) is 0 Å². The predicted octanol–water partition coefficient (Wildman–Crippen LogP) is 13.2. The van der Waals surface area contributed by atoms with Crippen LogP contribution in [-0.2, 0) is 0 Å².